The third-order valence-electron chi connectivity index (χ3n) is 2.65. The summed E-state index contributed by atoms with van der Waals surface area (Å²) in [4.78, 5) is 20.1. The highest BCUT2D eigenvalue weighted by molar-refractivity contribution is 7.81. The number of rotatable bonds is 6. The first kappa shape index (κ1) is 17.8. The summed E-state index contributed by atoms with van der Waals surface area (Å²) in [6.45, 7) is 7.84. The van der Waals surface area contributed by atoms with Crippen molar-refractivity contribution in [1.82, 2.24) is 9.97 Å². The molecule has 0 saturated carbocycles. The maximum Gasteiger partial charge on any atom is 0.271 e. The molecule has 0 unspecified atom stereocenters. The lowest BCUT2D eigenvalue weighted by Gasteiger charge is -2.13. The van der Waals surface area contributed by atoms with Crippen LogP contribution in [0, 0.1) is 5.92 Å². The molecule has 22 heavy (non-hydrogen) atoms. The zero-order chi connectivity index (χ0) is 16.9. The molecule has 1 aromatic heterocycles. The minimum atomic E-state index is -0.685. The van der Waals surface area contributed by atoms with Gasteiger partial charge in [-0.3, -0.25) is 4.79 Å². The van der Waals surface area contributed by atoms with Crippen LogP contribution in [0.4, 0.5) is 11.6 Å². The smallest absolute Gasteiger partial charge is 0.271 e. The van der Waals surface area contributed by atoms with Gasteiger partial charge in [-0.25, -0.2) is 9.97 Å². The highest BCUT2D eigenvalue weighted by atomic mass is 32.1. The lowest BCUT2D eigenvalue weighted by Crippen LogP contribution is -2.21. The molecular formula is C14H22N6OS. The summed E-state index contributed by atoms with van der Waals surface area (Å²) >= 11 is 5.20. The van der Waals surface area contributed by atoms with Crippen LogP contribution in [-0.4, -0.2) is 26.9 Å². The van der Waals surface area contributed by atoms with Gasteiger partial charge in [0, 0.05) is 11.7 Å². The van der Waals surface area contributed by atoms with Crippen LogP contribution in [0.2, 0.25) is 0 Å². The van der Waals surface area contributed by atoms with Crippen LogP contribution >= 0.6 is 12.2 Å². The highest BCUT2D eigenvalue weighted by Crippen LogP contribution is 2.14. The first-order valence-corrected chi connectivity index (χ1v) is 7.33. The molecule has 120 valence electrons. The van der Waals surface area contributed by atoms with Gasteiger partial charge in [-0.2, -0.15) is 0 Å². The summed E-state index contributed by atoms with van der Waals surface area (Å²) in [6, 6.07) is 0.171. The summed E-state index contributed by atoms with van der Waals surface area (Å²) in [5, 5.41) is 5.95. The second-order valence-corrected chi connectivity index (χ2v) is 5.84. The molecule has 1 rings (SSSR count). The van der Waals surface area contributed by atoms with Gasteiger partial charge in [0.25, 0.3) is 5.91 Å². The van der Waals surface area contributed by atoms with Gasteiger partial charge in [-0.1, -0.05) is 26.1 Å². The molecule has 0 bridgehead atoms. The Hall–Kier alpha value is -2.22. The summed E-state index contributed by atoms with van der Waals surface area (Å²) in [6.07, 6.45) is 3.07. The molecule has 0 aliphatic heterocycles. The second kappa shape index (κ2) is 7.69. The van der Waals surface area contributed by atoms with E-state index in [0.29, 0.717) is 16.5 Å². The Bertz CT molecular complexity index is 597. The van der Waals surface area contributed by atoms with Crippen LogP contribution in [-0.2, 0) is 0 Å². The van der Waals surface area contributed by atoms with Crippen molar-refractivity contribution in [3.63, 3.8) is 0 Å². The minimum absolute atomic E-state index is 0.0215. The van der Waals surface area contributed by atoms with Crippen molar-refractivity contribution in [3.8, 4) is 0 Å². The van der Waals surface area contributed by atoms with E-state index in [-0.39, 0.29) is 23.5 Å². The zero-order valence-corrected chi connectivity index (χ0v) is 14.0. The van der Waals surface area contributed by atoms with Crippen molar-refractivity contribution >= 4 is 34.7 Å². The van der Waals surface area contributed by atoms with Crippen LogP contribution in [0.1, 0.15) is 38.2 Å². The number of hydrogen-bond acceptors (Lipinski definition) is 6. The minimum Gasteiger partial charge on any atom is -0.402 e. The maximum absolute atomic E-state index is 11.4. The maximum atomic E-state index is 11.4. The van der Waals surface area contributed by atoms with Gasteiger partial charge in [0.2, 0.25) is 0 Å². The summed E-state index contributed by atoms with van der Waals surface area (Å²) in [5.41, 5.74) is 11.8. The van der Waals surface area contributed by atoms with Crippen molar-refractivity contribution in [2.45, 2.75) is 33.7 Å². The van der Waals surface area contributed by atoms with Gasteiger partial charge < -0.3 is 22.1 Å². The number of nitrogens with two attached hydrogens (primary N) is 2. The third kappa shape index (κ3) is 5.28. The van der Waals surface area contributed by atoms with E-state index in [1.807, 2.05) is 27.7 Å². The number of carbonyl (C=O) groups excluding carboxylic acids is 1. The standard InChI is InChI=1S/C14H22N6OS/c1-7(2)9(15)5-11(22)20-14-12(13(16)21)17-6-10(19-14)18-8(3)4/h5-8H,15H2,1-4H3,(H2,16,21)(H2,18,19,20,22)/b9-5-. The Labute approximate surface area is 135 Å². The van der Waals surface area contributed by atoms with Crippen LogP contribution in [0.5, 0.6) is 0 Å². The van der Waals surface area contributed by atoms with E-state index in [0.717, 1.165) is 0 Å². The molecule has 0 aliphatic carbocycles. The summed E-state index contributed by atoms with van der Waals surface area (Å²) < 4.78 is 0. The number of carbonyl (C=O) groups is 1. The third-order valence-corrected chi connectivity index (χ3v) is 2.87. The number of primary amides is 1. The molecule has 0 aromatic carbocycles. The molecule has 7 nitrogen and oxygen atoms in total. The van der Waals surface area contributed by atoms with Gasteiger partial charge in [-0.05, 0) is 25.8 Å². The predicted octanol–water partition coefficient (Wildman–Crippen LogP) is 1.63. The molecule has 0 aliphatic rings. The molecule has 1 amide bonds. The number of thiocarbonyl (C=S) groups is 1. The molecule has 1 heterocycles. The van der Waals surface area contributed by atoms with Crippen molar-refractivity contribution in [3.05, 3.63) is 23.7 Å². The Morgan fingerprint density at radius 3 is 2.45 bits per heavy atom. The summed E-state index contributed by atoms with van der Waals surface area (Å²) in [5.74, 6) is 0.201. The molecule has 0 atom stereocenters. The monoisotopic (exact) mass is 322 g/mol. The van der Waals surface area contributed by atoms with E-state index in [1.54, 1.807) is 6.08 Å². The molecule has 0 spiro atoms. The van der Waals surface area contributed by atoms with Crippen LogP contribution in [0.25, 0.3) is 0 Å². The van der Waals surface area contributed by atoms with E-state index in [9.17, 15) is 4.79 Å². The molecule has 8 heteroatoms. The highest BCUT2D eigenvalue weighted by Gasteiger charge is 2.14. The van der Waals surface area contributed by atoms with Crippen LogP contribution in [0.15, 0.2) is 18.0 Å². The largest absolute Gasteiger partial charge is 0.402 e. The van der Waals surface area contributed by atoms with Gasteiger partial charge in [0.1, 0.15) is 10.8 Å². The second-order valence-electron chi connectivity index (χ2n) is 5.40. The fraction of sp³-hybridized carbons (Fsp3) is 0.429. The molecule has 0 fully saturated rings. The van der Waals surface area contributed by atoms with Gasteiger partial charge >= 0.3 is 0 Å². The predicted molar refractivity (Wildman–Crippen MR) is 92.6 cm³/mol. The number of hydrogen-bond donors (Lipinski definition) is 4. The Morgan fingerprint density at radius 2 is 1.95 bits per heavy atom. The van der Waals surface area contributed by atoms with E-state index >= 15 is 0 Å². The topological polar surface area (TPSA) is 119 Å². The Kier molecular flexibility index (Phi) is 6.24. The quantitative estimate of drug-likeness (QED) is 0.464. The van der Waals surface area contributed by atoms with E-state index in [4.69, 9.17) is 23.7 Å². The molecule has 0 saturated heterocycles. The molecule has 1 aromatic rings. The first-order valence-electron chi connectivity index (χ1n) is 6.92. The van der Waals surface area contributed by atoms with Gasteiger partial charge in [0.05, 0.1) is 6.20 Å². The summed E-state index contributed by atoms with van der Waals surface area (Å²) in [7, 11) is 0. The average Bonchev–Trinajstić information content (AvgIpc) is 2.37. The van der Waals surface area contributed by atoms with Crippen molar-refractivity contribution in [2.24, 2.45) is 17.4 Å². The zero-order valence-electron chi connectivity index (χ0n) is 13.2. The molecule has 0 radical (unpaired) electrons. The van der Waals surface area contributed by atoms with Crippen LogP contribution < -0.4 is 22.1 Å². The SMILES string of the molecule is CC(C)Nc1cnc(C(N)=O)c(NC(=S)/C=C(\N)C(C)C)n1. The van der Waals surface area contributed by atoms with Crippen molar-refractivity contribution in [2.75, 3.05) is 10.6 Å². The normalized spacial score (nSPS) is 11.6. The van der Waals surface area contributed by atoms with Gasteiger partial charge in [-0.15, -0.1) is 0 Å². The first-order chi connectivity index (χ1) is 10.2. The Morgan fingerprint density at radius 1 is 1.32 bits per heavy atom. The van der Waals surface area contributed by atoms with E-state index in [1.165, 1.54) is 6.20 Å². The van der Waals surface area contributed by atoms with Crippen LogP contribution in [0.3, 0.4) is 0 Å². The number of nitrogens with one attached hydrogen (secondary N) is 2. The van der Waals surface area contributed by atoms with Crippen molar-refractivity contribution < 1.29 is 4.79 Å². The lowest BCUT2D eigenvalue weighted by molar-refractivity contribution is 0.0996. The fourth-order valence-corrected chi connectivity index (χ4v) is 1.73. The number of amides is 1. The fourth-order valence-electron chi connectivity index (χ4n) is 1.49. The number of anilines is 2. The lowest BCUT2D eigenvalue weighted by atomic mass is 10.1. The van der Waals surface area contributed by atoms with Gasteiger partial charge in [0.15, 0.2) is 11.5 Å². The molecular weight excluding hydrogens is 300 g/mol. The van der Waals surface area contributed by atoms with E-state index < -0.39 is 5.91 Å². The average molecular weight is 322 g/mol. The number of aromatic nitrogens is 2. The number of allylic oxidation sites excluding steroid dienone is 1. The number of nitrogens with zero attached hydrogens (tertiary/aromatic N) is 2. The molecule has 6 N–H and O–H groups in total. The Balaban J connectivity index is 3.07. The van der Waals surface area contributed by atoms with E-state index in [2.05, 4.69) is 20.6 Å². The van der Waals surface area contributed by atoms with Crippen molar-refractivity contribution in [1.29, 1.82) is 0 Å².